The fourth-order valence-corrected chi connectivity index (χ4v) is 0.965. The van der Waals surface area contributed by atoms with Crippen LogP contribution in [0.15, 0.2) is 0 Å². The fraction of sp³-hybridized carbons (Fsp3) is 1.00. The number of aliphatic hydroxyl groups is 4. The summed E-state index contributed by atoms with van der Waals surface area (Å²) in [5.41, 5.74) is 0. The van der Waals surface area contributed by atoms with E-state index in [1.54, 1.807) is 27.7 Å². The van der Waals surface area contributed by atoms with E-state index in [1.165, 1.54) is 0 Å². The van der Waals surface area contributed by atoms with Crippen molar-refractivity contribution in [1.29, 1.82) is 0 Å². The average Bonchev–Trinajstić information content (AvgIpc) is 2.39. The Labute approximate surface area is 168 Å². The van der Waals surface area contributed by atoms with Crippen LogP contribution >= 0.6 is 0 Å². The predicted octanol–water partition coefficient (Wildman–Crippen LogP) is 1.44. The summed E-state index contributed by atoms with van der Waals surface area (Å²) in [6, 6.07) is 0. The van der Waals surface area contributed by atoms with Crippen LogP contribution < -0.4 is 0 Å². The maximum Gasteiger partial charge on any atom is 0.151 e. The summed E-state index contributed by atoms with van der Waals surface area (Å²) in [5.74, 6) is 0. The number of ether oxygens (including phenoxy) is 4. The van der Waals surface area contributed by atoms with Gasteiger partial charge < -0.3 is 39.4 Å². The molecule has 0 fully saturated rings. The minimum atomic E-state index is -0.602. The van der Waals surface area contributed by atoms with Crippen LogP contribution in [0.1, 0.15) is 55.4 Å². The van der Waals surface area contributed by atoms with Crippen molar-refractivity contribution in [2.45, 2.75) is 80.6 Å². The first-order valence-corrected chi connectivity index (χ1v) is 8.27. The van der Waals surface area contributed by atoms with Gasteiger partial charge in [0.1, 0.15) is 0 Å². The molecule has 4 unspecified atom stereocenters. The average molecular weight is 408 g/mol. The van der Waals surface area contributed by atoms with Crippen molar-refractivity contribution in [2.24, 2.45) is 0 Å². The third-order valence-corrected chi connectivity index (χ3v) is 1.63. The van der Waals surface area contributed by atoms with Crippen LogP contribution in [0.5, 0.6) is 0 Å². The molecule has 0 spiro atoms. The quantitative estimate of drug-likeness (QED) is 0.352. The van der Waals surface area contributed by atoms with Crippen LogP contribution in [0, 0.1) is 0 Å². The molecule has 0 saturated carbocycles. The SMILES string of the molecule is CCOC(C)O.CCOC(C)O.CCOC(C)O.CCOC(C)O.[Ti]. The van der Waals surface area contributed by atoms with Crippen molar-refractivity contribution >= 4 is 0 Å². The maximum absolute atomic E-state index is 8.33. The van der Waals surface area contributed by atoms with Crippen LogP contribution in [0.25, 0.3) is 0 Å². The molecule has 0 aromatic carbocycles. The van der Waals surface area contributed by atoms with Crippen LogP contribution in [-0.4, -0.2) is 72.0 Å². The fourth-order valence-electron chi connectivity index (χ4n) is 0.965. The van der Waals surface area contributed by atoms with E-state index in [9.17, 15) is 0 Å². The third-order valence-electron chi connectivity index (χ3n) is 1.63. The van der Waals surface area contributed by atoms with Gasteiger partial charge in [-0.25, -0.2) is 0 Å². The molecule has 0 aliphatic rings. The number of hydrogen-bond donors (Lipinski definition) is 4. The molecule has 0 aromatic rings. The Bertz CT molecular complexity index is 153. The van der Waals surface area contributed by atoms with Gasteiger partial charge in [-0.05, 0) is 55.4 Å². The van der Waals surface area contributed by atoms with E-state index in [0.717, 1.165) is 0 Å². The number of hydrogen-bond acceptors (Lipinski definition) is 8. The molecule has 4 N–H and O–H groups in total. The van der Waals surface area contributed by atoms with Crippen molar-refractivity contribution in [2.75, 3.05) is 26.4 Å². The zero-order chi connectivity index (χ0) is 20.0. The van der Waals surface area contributed by atoms with E-state index in [4.69, 9.17) is 20.4 Å². The van der Waals surface area contributed by atoms with E-state index < -0.39 is 25.2 Å². The Kier molecular flexibility index (Phi) is 46.6. The molecule has 0 bridgehead atoms. The molecule has 0 aromatic heterocycles. The van der Waals surface area contributed by atoms with Crippen LogP contribution in [0.2, 0.25) is 0 Å². The predicted molar refractivity (Wildman–Crippen MR) is 93.2 cm³/mol. The summed E-state index contributed by atoms with van der Waals surface area (Å²) in [5, 5.41) is 33.3. The summed E-state index contributed by atoms with van der Waals surface area (Å²) in [6.45, 7) is 16.0. The van der Waals surface area contributed by atoms with Gasteiger partial charge in [-0.1, -0.05) is 0 Å². The van der Waals surface area contributed by atoms with Gasteiger partial charge in [-0.15, -0.1) is 0 Å². The molecule has 0 saturated heterocycles. The van der Waals surface area contributed by atoms with E-state index in [0.29, 0.717) is 26.4 Å². The van der Waals surface area contributed by atoms with E-state index in [2.05, 4.69) is 18.9 Å². The summed E-state index contributed by atoms with van der Waals surface area (Å²) in [7, 11) is 0. The van der Waals surface area contributed by atoms with Gasteiger partial charge in [0.25, 0.3) is 0 Å². The standard InChI is InChI=1S/4C4H10O2.Ti/c4*1-3-6-4(2)5;/h4*4-5H,3H2,1-2H3;. The van der Waals surface area contributed by atoms with Gasteiger partial charge in [-0.2, -0.15) is 0 Å². The molecule has 0 aliphatic carbocycles. The summed E-state index contributed by atoms with van der Waals surface area (Å²) < 4.78 is 18.4. The van der Waals surface area contributed by atoms with Gasteiger partial charge in [-0.3, -0.25) is 0 Å². The van der Waals surface area contributed by atoms with E-state index in [-0.39, 0.29) is 21.7 Å². The van der Waals surface area contributed by atoms with Gasteiger partial charge in [0.2, 0.25) is 0 Å². The van der Waals surface area contributed by atoms with E-state index in [1.807, 2.05) is 27.7 Å². The molecular weight excluding hydrogens is 368 g/mol. The van der Waals surface area contributed by atoms with Gasteiger partial charge >= 0.3 is 0 Å². The molecule has 0 radical (unpaired) electrons. The van der Waals surface area contributed by atoms with Crippen molar-refractivity contribution in [1.82, 2.24) is 0 Å². The van der Waals surface area contributed by atoms with Crippen molar-refractivity contribution in [3.05, 3.63) is 0 Å². The van der Waals surface area contributed by atoms with Crippen molar-refractivity contribution in [3.8, 4) is 0 Å². The van der Waals surface area contributed by atoms with Gasteiger partial charge in [0, 0.05) is 48.1 Å². The molecule has 156 valence electrons. The summed E-state index contributed by atoms with van der Waals surface area (Å²) in [4.78, 5) is 0. The Morgan fingerprint density at radius 1 is 0.480 bits per heavy atom. The first-order chi connectivity index (χ1) is 11.1. The van der Waals surface area contributed by atoms with Crippen LogP contribution in [-0.2, 0) is 40.7 Å². The normalized spacial score (nSPS) is 13.9. The topological polar surface area (TPSA) is 118 Å². The second-order valence-corrected chi connectivity index (χ2v) is 4.22. The second kappa shape index (κ2) is 32.1. The molecule has 0 heterocycles. The maximum atomic E-state index is 8.33. The molecule has 4 atom stereocenters. The van der Waals surface area contributed by atoms with Crippen LogP contribution in [0.4, 0.5) is 0 Å². The largest absolute Gasteiger partial charge is 0.368 e. The first-order valence-electron chi connectivity index (χ1n) is 8.27. The Hall–Kier alpha value is 0.394. The van der Waals surface area contributed by atoms with E-state index >= 15 is 0 Å². The molecule has 8 nitrogen and oxygen atoms in total. The molecule has 9 heteroatoms. The Balaban J connectivity index is -0.0000000702. The summed E-state index contributed by atoms with van der Waals surface area (Å²) in [6.07, 6.45) is -2.41. The molecule has 0 aliphatic heterocycles. The van der Waals surface area contributed by atoms with Gasteiger partial charge in [0.15, 0.2) is 25.2 Å². The summed E-state index contributed by atoms with van der Waals surface area (Å²) >= 11 is 0. The zero-order valence-electron chi connectivity index (χ0n) is 17.1. The van der Waals surface area contributed by atoms with Gasteiger partial charge in [0.05, 0.1) is 0 Å². The van der Waals surface area contributed by atoms with Crippen molar-refractivity contribution in [3.63, 3.8) is 0 Å². The first kappa shape index (κ1) is 36.3. The molecule has 25 heavy (non-hydrogen) atoms. The number of rotatable bonds is 8. The van der Waals surface area contributed by atoms with Crippen LogP contribution in [0.3, 0.4) is 0 Å². The minimum Gasteiger partial charge on any atom is -0.368 e. The zero-order valence-corrected chi connectivity index (χ0v) is 18.6. The smallest absolute Gasteiger partial charge is 0.151 e. The Morgan fingerprint density at radius 2 is 0.600 bits per heavy atom. The molecule has 0 rings (SSSR count). The third kappa shape index (κ3) is 79.6. The number of aliphatic hydroxyl groups excluding tert-OH is 4. The molecule has 0 amide bonds. The molecular formula is C16H40O8Ti. The second-order valence-electron chi connectivity index (χ2n) is 4.22. The monoisotopic (exact) mass is 408 g/mol. The van der Waals surface area contributed by atoms with Crippen molar-refractivity contribution < 1.29 is 61.1 Å². The Morgan fingerprint density at radius 3 is 0.600 bits per heavy atom. The minimum absolute atomic E-state index is 0.